The molecule has 0 bridgehead atoms. The van der Waals surface area contributed by atoms with E-state index in [1.807, 2.05) is 51.1 Å². The predicted molar refractivity (Wildman–Crippen MR) is 73.7 cm³/mol. The van der Waals surface area contributed by atoms with Crippen LogP contribution in [0, 0.1) is 0 Å². The summed E-state index contributed by atoms with van der Waals surface area (Å²) in [6.45, 7) is 6.37. The molecule has 2 aromatic rings. The molecule has 0 atom stereocenters. The summed E-state index contributed by atoms with van der Waals surface area (Å²) in [6.07, 6.45) is 0. The fraction of sp³-hybridized carbons (Fsp3) is 0.357. The van der Waals surface area contributed by atoms with E-state index in [1.54, 1.807) is 0 Å². The lowest BCUT2D eigenvalue weighted by atomic mass is 9.96. The lowest BCUT2D eigenvalue weighted by Crippen LogP contribution is -2.20. The van der Waals surface area contributed by atoms with Crippen LogP contribution in [0.15, 0.2) is 30.3 Å². The Morgan fingerprint density at radius 2 is 1.74 bits per heavy atom. The molecular weight excluding hydrogens is 240 g/mol. The first-order valence-corrected chi connectivity index (χ1v) is 6.14. The number of ether oxygens (including phenoxy) is 1. The maximum absolute atomic E-state index is 5.71. The van der Waals surface area contributed by atoms with Gasteiger partial charge in [0.25, 0.3) is 0 Å². The predicted octanol–water partition coefficient (Wildman–Crippen LogP) is 2.33. The minimum absolute atomic E-state index is 0.168. The lowest BCUT2D eigenvalue weighted by molar-refractivity contribution is 0.294. The van der Waals surface area contributed by atoms with Gasteiger partial charge in [0.2, 0.25) is 5.95 Å². The van der Waals surface area contributed by atoms with Crippen molar-refractivity contribution in [3.63, 3.8) is 0 Å². The van der Waals surface area contributed by atoms with Crippen molar-refractivity contribution >= 4 is 5.95 Å². The van der Waals surface area contributed by atoms with Gasteiger partial charge in [-0.05, 0) is 12.1 Å². The molecule has 1 heterocycles. The number of aromatic nitrogens is 3. The number of hydrogen-bond acceptors (Lipinski definition) is 5. The monoisotopic (exact) mass is 258 g/mol. The number of rotatable bonds is 3. The summed E-state index contributed by atoms with van der Waals surface area (Å²) in [6, 6.07) is 9.53. The zero-order valence-corrected chi connectivity index (χ0v) is 11.4. The lowest BCUT2D eigenvalue weighted by Gasteiger charge is -2.17. The van der Waals surface area contributed by atoms with Gasteiger partial charge in [-0.25, -0.2) is 4.98 Å². The number of nitrogens with zero attached hydrogens (tertiary/aromatic N) is 3. The fourth-order valence-corrected chi connectivity index (χ4v) is 1.50. The molecule has 5 nitrogen and oxygen atoms in total. The number of para-hydroxylation sites is 1. The van der Waals surface area contributed by atoms with Crippen LogP contribution in [0.1, 0.15) is 32.4 Å². The van der Waals surface area contributed by atoms with E-state index in [0.717, 1.165) is 5.75 Å². The maximum Gasteiger partial charge on any atom is 0.223 e. The molecule has 0 saturated heterocycles. The highest BCUT2D eigenvalue weighted by atomic mass is 16.5. The average Bonchev–Trinajstić information content (AvgIpc) is 2.36. The molecule has 0 unspecified atom stereocenters. The molecule has 19 heavy (non-hydrogen) atoms. The molecule has 0 spiro atoms. The van der Waals surface area contributed by atoms with Crippen LogP contribution in [0.5, 0.6) is 5.75 Å². The van der Waals surface area contributed by atoms with E-state index in [0.29, 0.717) is 11.6 Å². The standard InChI is InChI=1S/C14H18N4O/c1-14(2,3)12-16-11(17-13(15)18-12)9-19-10-7-5-4-6-8-10/h4-8H,9H2,1-3H3,(H2,15,16,17,18). The third kappa shape index (κ3) is 3.64. The highest BCUT2D eigenvalue weighted by Crippen LogP contribution is 2.19. The Morgan fingerprint density at radius 3 is 2.37 bits per heavy atom. The molecule has 1 aromatic carbocycles. The molecule has 0 radical (unpaired) electrons. The normalized spacial score (nSPS) is 11.3. The molecule has 0 saturated carbocycles. The van der Waals surface area contributed by atoms with Crippen molar-refractivity contribution in [2.75, 3.05) is 5.73 Å². The summed E-state index contributed by atoms with van der Waals surface area (Å²) in [4.78, 5) is 12.6. The number of nitrogens with two attached hydrogens (primary N) is 1. The van der Waals surface area contributed by atoms with E-state index in [4.69, 9.17) is 10.5 Å². The largest absolute Gasteiger partial charge is 0.486 e. The quantitative estimate of drug-likeness (QED) is 0.914. The van der Waals surface area contributed by atoms with Crippen molar-refractivity contribution in [1.29, 1.82) is 0 Å². The van der Waals surface area contributed by atoms with E-state index >= 15 is 0 Å². The molecule has 0 aliphatic heterocycles. The summed E-state index contributed by atoms with van der Waals surface area (Å²) in [5, 5.41) is 0. The zero-order valence-electron chi connectivity index (χ0n) is 11.4. The topological polar surface area (TPSA) is 73.9 Å². The van der Waals surface area contributed by atoms with Gasteiger partial charge < -0.3 is 10.5 Å². The van der Waals surface area contributed by atoms with Crippen molar-refractivity contribution in [1.82, 2.24) is 15.0 Å². The second kappa shape index (κ2) is 5.22. The second-order valence-corrected chi connectivity index (χ2v) is 5.29. The molecule has 100 valence electrons. The van der Waals surface area contributed by atoms with E-state index in [9.17, 15) is 0 Å². The number of benzene rings is 1. The van der Waals surface area contributed by atoms with E-state index in [2.05, 4.69) is 15.0 Å². The van der Waals surface area contributed by atoms with Gasteiger partial charge in [-0.3, -0.25) is 0 Å². The minimum atomic E-state index is -0.168. The van der Waals surface area contributed by atoms with Gasteiger partial charge in [0.15, 0.2) is 5.82 Å². The van der Waals surface area contributed by atoms with E-state index < -0.39 is 0 Å². The van der Waals surface area contributed by atoms with Gasteiger partial charge in [-0.15, -0.1) is 0 Å². The summed E-state index contributed by atoms with van der Waals surface area (Å²) < 4.78 is 5.61. The van der Waals surface area contributed by atoms with Gasteiger partial charge in [-0.2, -0.15) is 9.97 Å². The fourth-order valence-electron chi connectivity index (χ4n) is 1.50. The minimum Gasteiger partial charge on any atom is -0.486 e. The van der Waals surface area contributed by atoms with Crippen LogP contribution in [-0.2, 0) is 12.0 Å². The summed E-state index contributed by atoms with van der Waals surface area (Å²) in [5.74, 6) is 2.22. The molecule has 0 amide bonds. The smallest absolute Gasteiger partial charge is 0.223 e. The number of nitrogen functional groups attached to an aromatic ring is 1. The molecule has 2 rings (SSSR count). The van der Waals surface area contributed by atoms with Crippen LogP contribution in [0.25, 0.3) is 0 Å². The second-order valence-electron chi connectivity index (χ2n) is 5.29. The molecule has 2 N–H and O–H groups in total. The van der Waals surface area contributed by atoms with Crippen LogP contribution in [0.2, 0.25) is 0 Å². The number of hydrogen-bond donors (Lipinski definition) is 1. The highest BCUT2D eigenvalue weighted by molar-refractivity contribution is 5.22. The molecule has 5 heteroatoms. The summed E-state index contributed by atoms with van der Waals surface area (Å²) in [5.41, 5.74) is 5.54. The van der Waals surface area contributed by atoms with E-state index in [1.165, 1.54) is 0 Å². The maximum atomic E-state index is 5.71. The molecule has 0 fully saturated rings. The number of anilines is 1. The third-order valence-electron chi connectivity index (χ3n) is 2.48. The first-order chi connectivity index (χ1) is 8.95. The van der Waals surface area contributed by atoms with Crippen LogP contribution >= 0.6 is 0 Å². The first kappa shape index (κ1) is 13.3. The van der Waals surface area contributed by atoms with Crippen molar-refractivity contribution < 1.29 is 4.74 Å². The Bertz CT molecular complexity index is 549. The van der Waals surface area contributed by atoms with Gasteiger partial charge in [0.05, 0.1) is 0 Å². The highest BCUT2D eigenvalue weighted by Gasteiger charge is 2.19. The Labute approximate surface area is 112 Å². The first-order valence-electron chi connectivity index (χ1n) is 6.14. The van der Waals surface area contributed by atoms with Crippen molar-refractivity contribution in [2.45, 2.75) is 32.8 Å². The van der Waals surface area contributed by atoms with Gasteiger partial charge in [0, 0.05) is 5.41 Å². The van der Waals surface area contributed by atoms with Crippen molar-refractivity contribution in [2.24, 2.45) is 0 Å². The Morgan fingerprint density at radius 1 is 1.05 bits per heavy atom. The Balaban J connectivity index is 2.15. The van der Waals surface area contributed by atoms with Gasteiger partial charge in [-0.1, -0.05) is 39.0 Å². The van der Waals surface area contributed by atoms with Crippen molar-refractivity contribution in [3.05, 3.63) is 42.0 Å². The van der Waals surface area contributed by atoms with Crippen LogP contribution in [0.3, 0.4) is 0 Å². The summed E-state index contributed by atoms with van der Waals surface area (Å²) >= 11 is 0. The average molecular weight is 258 g/mol. The molecule has 0 aliphatic carbocycles. The zero-order chi connectivity index (χ0) is 13.9. The Kier molecular flexibility index (Phi) is 3.64. The summed E-state index contributed by atoms with van der Waals surface area (Å²) in [7, 11) is 0. The van der Waals surface area contributed by atoms with Crippen LogP contribution in [-0.4, -0.2) is 15.0 Å². The molecule has 1 aromatic heterocycles. The third-order valence-corrected chi connectivity index (χ3v) is 2.48. The molecule has 0 aliphatic rings. The van der Waals surface area contributed by atoms with Crippen molar-refractivity contribution in [3.8, 4) is 5.75 Å². The van der Waals surface area contributed by atoms with Crippen LogP contribution < -0.4 is 10.5 Å². The van der Waals surface area contributed by atoms with Gasteiger partial charge in [0.1, 0.15) is 18.2 Å². The van der Waals surface area contributed by atoms with Gasteiger partial charge >= 0.3 is 0 Å². The SMILES string of the molecule is CC(C)(C)c1nc(N)nc(COc2ccccc2)n1. The molecular formula is C14H18N4O. The van der Waals surface area contributed by atoms with Crippen LogP contribution in [0.4, 0.5) is 5.95 Å². The van der Waals surface area contributed by atoms with E-state index in [-0.39, 0.29) is 18.0 Å². The Hall–Kier alpha value is -2.17.